The number of carboxylic acid groups (broad SMARTS) is 1. The van der Waals surface area contributed by atoms with Gasteiger partial charge in [-0.25, -0.2) is 0 Å². The fraction of sp³-hybridized carbons (Fsp3) is 0.556. The van der Waals surface area contributed by atoms with Crippen LogP contribution in [0.1, 0.15) is 94.5 Å². The van der Waals surface area contributed by atoms with Crippen molar-refractivity contribution in [3.8, 4) is 5.88 Å². The molecule has 0 fully saturated rings. The molecule has 1 aromatic carbocycles. The zero-order valence-corrected chi connectivity index (χ0v) is 21.9. The number of amides is 1. The van der Waals surface area contributed by atoms with Crippen molar-refractivity contribution >= 4 is 11.9 Å². The Morgan fingerprint density at radius 2 is 1.57 bits per heavy atom. The smallest absolute Gasteiger partial charge is 0.322 e. The van der Waals surface area contributed by atoms with Crippen LogP contribution in [0.25, 0.3) is 0 Å². The Kier molecular flexibility index (Phi) is 9.24. The lowest BCUT2D eigenvalue weighted by molar-refractivity contribution is -0.135. The van der Waals surface area contributed by atoms with E-state index >= 15 is 0 Å². The quantitative estimate of drug-likeness (QED) is 0.462. The number of benzene rings is 1. The third kappa shape index (κ3) is 7.67. The van der Waals surface area contributed by atoms with Gasteiger partial charge >= 0.3 is 5.97 Å². The lowest BCUT2D eigenvalue weighted by Gasteiger charge is -2.25. The SMILES string of the molecule is CC(C)CC(CC(C)C)c1nc(O)c(C(=O)NCC(=O)O)c(=O)n1Cc1ccc(C(C)(C)C)cc1. The van der Waals surface area contributed by atoms with Gasteiger partial charge < -0.3 is 15.5 Å². The second-order valence-corrected chi connectivity index (χ2v) is 11.0. The molecule has 0 radical (unpaired) electrons. The molecule has 192 valence electrons. The van der Waals surface area contributed by atoms with E-state index in [4.69, 9.17) is 5.11 Å². The predicted octanol–water partition coefficient (Wildman–Crippen LogP) is 4.28. The maximum Gasteiger partial charge on any atom is 0.322 e. The van der Waals surface area contributed by atoms with Crippen LogP contribution >= 0.6 is 0 Å². The molecule has 0 saturated heterocycles. The highest BCUT2D eigenvalue weighted by Gasteiger charge is 2.27. The van der Waals surface area contributed by atoms with Crippen LogP contribution in [0.3, 0.4) is 0 Å². The molecule has 0 aliphatic carbocycles. The topological polar surface area (TPSA) is 122 Å². The largest absolute Gasteiger partial charge is 0.493 e. The van der Waals surface area contributed by atoms with Crippen LogP contribution in [0.2, 0.25) is 0 Å². The minimum atomic E-state index is -1.25. The first-order valence-corrected chi connectivity index (χ1v) is 12.1. The summed E-state index contributed by atoms with van der Waals surface area (Å²) in [5.74, 6) is -1.90. The van der Waals surface area contributed by atoms with E-state index in [0.29, 0.717) is 17.7 Å². The summed E-state index contributed by atoms with van der Waals surface area (Å²) >= 11 is 0. The van der Waals surface area contributed by atoms with Gasteiger partial charge in [-0.2, -0.15) is 4.98 Å². The molecule has 0 aliphatic heterocycles. The van der Waals surface area contributed by atoms with E-state index in [9.17, 15) is 19.5 Å². The Morgan fingerprint density at radius 3 is 2.03 bits per heavy atom. The highest BCUT2D eigenvalue weighted by Crippen LogP contribution is 2.31. The van der Waals surface area contributed by atoms with Gasteiger partial charge in [0.25, 0.3) is 11.5 Å². The standard InChI is InChI=1S/C27H39N3O5/c1-16(2)12-19(13-17(3)4)23-29-25(34)22(24(33)28-14-21(31)32)26(35)30(23)15-18-8-10-20(11-9-18)27(5,6)7/h8-11,16-17,19,34H,12-15H2,1-7H3,(H,28,33)(H,31,32). The van der Waals surface area contributed by atoms with Crippen molar-refractivity contribution in [2.45, 2.75) is 79.2 Å². The van der Waals surface area contributed by atoms with Gasteiger partial charge in [0.15, 0.2) is 5.56 Å². The Balaban J connectivity index is 2.65. The van der Waals surface area contributed by atoms with E-state index in [2.05, 4.69) is 58.8 Å². The first-order valence-electron chi connectivity index (χ1n) is 12.1. The summed E-state index contributed by atoms with van der Waals surface area (Å²) in [7, 11) is 0. The van der Waals surface area contributed by atoms with E-state index < -0.39 is 35.4 Å². The molecule has 0 bridgehead atoms. The summed E-state index contributed by atoms with van der Waals surface area (Å²) < 4.78 is 1.46. The molecule has 3 N–H and O–H groups in total. The second kappa shape index (κ2) is 11.5. The average Bonchev–Trinajstić information content (AvgIpc) is 2.72. The maximum atomic E-state index is 13.6. The van der Waals surface area contributed by atoms with Gasteiger partial charge in [0.05, 0.1) is 6.54 Å². The first-order chi connectivity index (χ1) is 16.2. The van der Waals surface area contributed by atoms with Crippen molar-refractivity contribution in [1.82, 2.24) is 14.9 Å². The molecular formula is C27H39N3O5. The molecule has 0 saturated carbocycles. The lowest BCUT2D eigenvalue weighted by atomic mass is 9.86. The van der Waals surface area contributed by atoms with Crippen LogP contribution in [0.15, 0.2) is 29.1 Å². The number of nitrogens with zero attached hydrogens (tertiary/aromatic N) is 2. The van der Waals surface area contributed by atoms with E-state index in [-0.39, 0.29) is 17.9 Å². The fourth-order valence-electron chi connectivity index (χ4n) is 4.20. The number of hydrogen-bond acceptors (Lipinski definition) is 5. The van der Waals surface area contributed by atoms with E-state index in [1.165, 1.54) is 4.57 Å². The monoisotopic (exact) mass is 485 g/mol. The van der Waals surface area contributed by atoms with Gasteiger partial charge in [0.1, 0.15) is 12.4 Å². The highest BCUT2D eigenvalue weighted by molar-refractivity contribution is 5.97. The Morgan fingerprint density at radius 1 is 1.03 bits per heavy atom. The summed E-state index contributed by atoms with van der Waals surface area (Å²) in [6.07, 6.45) is 1.52. The zero-order valence-electron chi connectivity index (χ0n) is 21.9. The third-order valence-electron chi connectivity index (χ3n) is 5.84. The molecule has 0 unspecified atom stereocenters. The average molecular weight is 486 g/mol. The highest BCUT2D eigenvalue weighted by atomic mass is 16.4. The van der Waals surface area contributed by atoms with E-state index in [1.54, 1.807) is 0 Å². The molecule has 35 heavy (non-hydrogen) atoms. The lowest BCUT2D eigenvalue weighted by Crippen LogP contribution is -2.38. The van der Waals surface area contributed by atoms with Gasteiger partial charge in [0, 0.05) is 5.92 Å². The number of carboxylic acids is 1. The van der Waals surface area contributed by atoms with Gasteiger partial charge in [-0.05, 0) is 41.2 Å². The van der Waals surface area contributed by atoms with Crippen LogP contribution in [0.4, 0.5) is 0 Å². The molecule has 0 atom stereocenters. The Bertz CT molecular complexity index is 1090. The molecule has 1 amide bonds. The Labute approximate surface area is 207 Å². The van der Waals surface area contributed by atoms with Gasteiger partial charge in [-0.3, -0.25) is 19.0 Å². The van der Waals surface area contributed by atoms with Crippen molar-refractivity contribution in [2.24, 2.45) is 11.8 Å². The maximum absolute atomic E-state index is 13.6. The van der Waals surface area contributed by atoms with Gasteiger partial charge in [0.2, 0.25) is 5.88 Å². The van der Waals surface area contributed by atoms with Crippen LogP contribution in [0, 0.1) is 11.8 Å². The zero-order chi connectivity index (χ0) is 26.5. The number of carbonyl (C=O) groups excluding carboxylic acids is 1. The molecule has 0 spiro atoms. The van der Waals surface area contributed by atoms with Crippen molar-refractivity contribution in [2.75, 3.05) is 6.54 Å². The van der Waals surface area contributed by atoms with E-state index in [0.717, 1.165) is 24.0 Å². The van der Waals surface area contributed by atoms with Crippen LogP contribution in [-0.4, -0.2) is 38.2 Å². The Hall–Kier alpha value is -3.16. The number of aromatic nitrogens is 2. The summed E-state index contributed by atoms with van der Waals surface area (Å²) in [6, 6.07) is 7.95. The summed E-state index contributed by atoms with van der Waals surface area (Å²) in [4.78, 5) is 41.4. The predicted molar refractivity (Wildman–Crippen MR) is 136 cm³/mol. The second-order valence-electron chi connectivity index (χ2n) is 11.0. The molecule has 8 nitrogen and oxygen atoms in total. The number of hydrogen-bond donors (Lipinski definition) is 3. The van der Waals surface area contributed by atoms with Gasteiger partial charge in [-0.1, -0.05) is 72.7 Å². The molecule has 8 heteroatoms. The van der Waals surface area contributed by atoms with Crippen molar-refractivity contribution < 1.29 is 19.8 Å². The number of carbonyl (C=O) groups is 2. The van der Waals surface area contributed by atoms with Crippen LogP contribution in [0.5, 0.6) is 5.88 Å². The first kappa shape index (κ1) is 28.1. The molecule has 1 heterocycles. The number of nitrogens with one attached hydrogen (secondary N) is 1. The van der Waals surface area contributed by atoms with Crippen LogP contribution in [-0.2, 0) is 16.8 Å². The molecular weight excluding hydrogens is 446 g/mol. The normalized spacial score (nSPS) is 11.9. The van der Waals surface area contributed by atoms with Crippen molar-refractivity contribution in [3.63, 3.8) is 0 Å². The van der Waals surface area contributed by atoms with E-state index in [1.807, 2.05) is 24.3 Å². The molecule has 2 aromatic rings. The minimum Gasteiger partial charge on any atom is -0.493 e. The van der Waals surface area contributed by atoms with Crippen molar-refractivity contribution in [3.05, 3.63) is 57.1 Å². The fourth-order valence-corrected chi connectivity index (χ4v) is 4.20. The van der Waals surface area contributed by atoms with Crippen molar-refractivity contribution in [1.29, 1.82) is 0 Å². The number of rotatable bonds is 10. The number of aliphatic carboxylic acids is 1. The van der Waals surface area contributed by atoms with Crippen LogP contribution < -0.4 is 10.9 Å². The molecule has 1 aromatic heterocycles. The van der Waals surface area contributed by atoms with Gasteiger partial charge in [-0.15, -0.1) is 0 Å². The minimum absolute atomic E-state index is 0.0182. The summed E-state index contributed by atoms with van der Waals surface area (Å²) in [5.41, 5.74) is 0.764. The number of aromatic hydroxyl groups is 1. The third-order valence-corrected chi connectivity index (χ3v) is 5.84. The molecule has 0 aliphatic rings. The summed E-state index contributed by atoms with van der Waals surface area (Å²) in [6.45, 7) is 14.2. The molecule has 2 rings (SSSR count). The summed E-state index contributed by atoms with van der Waals surface area (Å²) in [5, 5.41) is 21.7.